The molecule has 0 aliphatic heterocycles. The van der Waals surface area contributed by atoms with Crippen molar-refractivity contribution in [1.82, 2.24) is 4.98 Å². The number of aromatic nitrogens is 1. The molecule has 0 fully saturated rings. The molecule has 0 unspecified atom stereocenters. The van der Waals surface area contributed by atoms with E-state index in [-0.39, 0.29) is 6.04 Å². The van der Waals surface area contributed by atoms with E-state index in [9.17, 15) is 0 Å². The van der Waals surface area contributed by atoms with Crippen molar-refractivity contribution in [2.24, 2.45) is 0 Å². The van der Waals surface area contributed by atoms with Gasteiger partial charge in [0.25, 0.3) is 6.01 Å². The number of oxazole rings is 1. The molecule has 108 valence electrons. The molecule has 1 heterocycles. The number of hydrogen-bond donors (Lipinski definition) is 1. The van der Waals surface area contributed by atoms with Crippen LogP contribution in [0.5, 0.6) is 0 Å². The molecule has 0 aliphatic rings. The van der Waals surface area contributed by atoms with Crippen molar-refractivity contribution in [3.8, 4) is 0 Å². The third kappa shape index (κ3) is 2.70. The first-order chi connectivity index (χ1) is 10.1. The maximum absolute atomic E-state index is 6.04. The minimum Gasteiger partial charge on any atom is -0.423 e. The highest BCUT2D eigenvalue weighted by atomic mass is 16.4. The normalized spacial score (nSPS) is 11.2. The number of nitrogen functional groups attached to an aromatic ring is 1. The molecule has 2 aromatic carbocycles. The van der Waals surface area contributed by atoms with E-state index in [4.69, 9.17) is 10.2 Å². The van der Waals surface area contributed by atoms with Crippen molar-refractivity contribution in [1.29, 1.82) is 0 Å². The molecule has 0 spiro atoms. The second kappa shape index (κ2) is 5.48. The molecule has 3 aromatic rings. The Morgan fingerprint density at radius 2 is 1.81 bits per heavy atom. The zero-order valence-corrected chi connectivity index (χ0v) is 12.3. The summed E-state index contributed by atoms with van der Waals surface area (Å²) >= 11 is 0. The molecule has 0 radical (unpaired) electrons. The first kappa shape index (κ1) is 13.5. The predicted octanol–water partition coefficient (Wildman–Crippen LogP) is 3.83. The third-order valence-corrected chi connectivity index (χ3v) is 3.55. The smallest absolute Gasteiger partial charge is 0.298 e. The van der Waals surface area contributed by atoms with Gasteiger partial charge in [0.1, 0.15) is 5.52 Å². The number of fused-ring (bicyclic) bond motifs is 1. The predicted molar refractivity (Wildman–Crippen MR) is 86.2 cm³/mol. The van der Waals surface area contributed by atoms with E-state index in [0.29, 0.717) is 12.6 Å². The van der Waals surface area contributed by atoms with Crippen LogP contribution in [0.2, 0.25) is 0 Å². The van der Waals surface area contributed by atoms with Crippen molar-refractivity contribution in [3.63, 3.8) is 0 Å². The van der Waals surface area contributed by atoms with E-state index < -0.39 is 0 Å². The topological polar surface area (TPSA) is 55.3 Å². The minimum absolute atomic E-state index is 0.262. The monoisotopic (exact) mass is 281 g/mol. The Kier molecular flexibility index (Phi) is 3.52. The summed E-state index contributed by atoms with van der Waals surface area (Å²) in [6, 6.07) is 16.6. The fourth-order valence-corrected chi connectivity index (χ4v) is 2.32. The zero-order valence-electron chi connectivity index (χ0n) is 12.3. The van der Waals surface area contributed by atoms with Crippen LogP contribution in [-0.4, -0.2) is 11.0 Å². The van der Waals surface area contributed by atoms with Gasteiger partial charge in [0, 0.05) is 18.3 Å². The Hall–Kier alpha value is -2.49. The van der Waals surface area contributed by atoms with E-state index in [0.717, 1.165) is 22.4 Å². The van der Waals surface area contributed by atoms with Crippen LogP contribution in [0.3, 0.4) is 0 Å². The Balaban J connectivity index is 1.96. The van der Waals surface area contributed by atoms with Crippen molar-refractivity contribution in [2.75, 3.05) is 10.6 Å². The van der Waals surface area contributed by atoms with Crippen LogP contribution in [-0.2, 0) is 6.54 Å². The zero-order chi connectivity index (χ0) is 14.8. The number of anilines is 2. The maximum atomic E-state index is 6.04. The average Bonchev–Trinajstić information content (AvgIpc) is 2.89. The van der Waals surface area contributed by atoms with Crippen LogP contribution in [0.25, 0.3) is 11.1 Å². The van der Waals surface area contributed by atoms with Crippen LogP contribution in [0.4, 0.5) is 11.7 Å². The summed E-state index contributed by atoms with van der Waals surface area (Å²) in [7, 11) is 0. The Bertz CT molecular complexity index is 715. The molecule has 21 heavy (non-hydrogen) atoms. The Labute approximate surface area is 124 Å². The molecule has 0 aliphatic carbocycles. The van der Waals surface area contributed by atoms with Crippen molar-refractivity contribution in [3.05, 3.63) is 54.1 Å². The van der Waals surface area contributed by atoms with Gasteiger partial charge in [-0.15, -0.1) is 0 Å². The highest BCUT2D eigenvalue weighted by Gasteiger charge is 2.18. The van der Waals surface area contributed by atoms with Crippen LogP contribution in [0, 0.1) is 0 Å². The van der Waals surface area contributed by atoms with E-state index >= 15 is 0 Å². The first-order valence-corrected chi connectivity index (χ1v) is 7.11. The summed E-state index contributed by atoms with van der Waals surface area (Å²) in [6.07, 6.45) is 0. The molecule has 0 bridgehead atoms. The lowest BCUT2D eigenvalue weighted by Gasteiger charge is -2.25. The molecule has 3 rings (SSSR count). The second-order valence-corrected chi connectivity index (χ2v) is 5.38. The average molecular weight is 281 g/mol. The molecule has 4 nitrogen and oxygen atoms in total. The van der Waals surface area contributed by atoms with Gasteiger partial charge >= 0.3 is 0 Å². The molecular weight excluding hydrogens is 262 g/mol. The lowest BCUT2D eigenvalue weighted by Crippen LogP contribution is -2.30. The van der Waals surface area contributed by atoms with Crippen molar-refractivity contribution >= 4 is 22.8 Å². The Morgan fingerprint density at radius 1 is 1.10 bits per heavy atom. The number of para-hydroxylation sites is 3. The second-order valence-electron chi connectivity index (χ2n) is 5.38. The van der Waals surface area contributed by atoms with Gasteiger partial charge < -0.3 is 15.1 Å². The molecular formula is C17H19N3O. The first-order valence-electron chi connectivity index (χ1n) is 7.11. The fourth-order valence-electron chi connectivity index (χ4n) is 2.32. The van der Waals surface area contributed by atoms with Crippen molar-refractivity contribution < 1.29 is 4.42 Å². The molecule has 0 saturated carbocycles. The maximum Gasteiger partial charge on any atom is 0.298 e. The van der Waals surface area contributed by atoms with Crippen LogP contribution < -0.4 is 10.6 Å². The van der Waals surface area contributed by atoms with Gasteiger partial charge in [0.2, 0.25) is 0 Å². The SMILES string of the molecule is CC(C)N(Cc1ccccc1N)c1nc2ccccc2o1. The molecule has 0 amide bonds. The van der Waals surface area contributed by atoms with Crippen molar-refractivity contribution in [2.45, 2.75) is 26.4 Å². The lowest BCUT2D eigenvalue weighted by molar-refractivity contribution is 0.536. The van der Waals surface area contributed by atoms with E-state index in [2.05, 4.69) is 23.7 Å². The summed E-state index contributed by atoms with van der Waals surface area (Å²) in [5.74, 6) is 0. The van der Waals surface area contributed by atoms with E-state index in [1.807, 2.05) is 48.5 Å². The Morgan fingerprint density at radius 3 is 2.52 bits per heavy atom. The highest BCUT2D eigenvalue weighted by molar-refractivity contribution is 5.74. The quantitative estimate of drug-likeness (QED) is 0.738. The molecule has 0 saturated heterocycles. The van der Waals surface area contributed by atoms with Crippen LogP contribution >= 0.6 is 0 Å². The molecule has 1 aromatic heterocycles. The highest BCUT2D eigenvalue weighted by Crippen LogP contribution is 2.25. The minimum atomic E-state index is 0.262. The van der Waals surface area contributed by atoms with Gasteiger partial charge in [-0.25, -0.2) is 0 Å². The summed E-state index contributed by atoms with van der Waals surface area (Å²) < 4.78 is 5.88. The molecule has 2 N–H and O–H groups in total. The summed E-state index contributed by atoms with van der Waals surface area (Å²) in [6.45, 7) is 4.92. The number of nitrogens with two attached hydrogens (primary N) is 1. The third-order valence-electron chi connectivity index (χ3n) is 3.55. The fraction of sp³-hybridized carbons (Fsp3) is 0.235. The van der Waals surface area contributed by atoms with Crippen LogP contribution in [0.15, 0.2) is 52.9 Å². The van der Waals surface area contributed by atoms with Gasteiger partial charge in [-0.05, 0) is 37.6 Å². The standard InChI is InChI=1S/C17H19N3O/c1-12(2)20(11-13-7-3-4-8-14(13)18)17-19-15-9-5-6-10-16(15)21-17/h3-10,12H,11,18H2,1-2H3. The van der Waals surface area contributed by atoms with Gasteiger partial charge in [0.05, 0.1) is 0 Å². The van der Waals surface area contributed by atoms with Gasteiger partial charge in [-0.1, -0.05) is 30.3 Å². The number of hydrogen-bond acceptors (Lipinski definition) is 4. The molecule has 4 heteroatoms. The largest absolute Gasteiger partial charge is 0.423 e. The molecule has 0 atom stereocenters. The number of rotatable bonds is 4. The van der Waals surface area contributed by atoms with Crippen LogP contribution in [0.1, 0.15) is 19.4 Å². The van der Waals surface area contributed by atoms with E-state index in [1.54, 1.807) is 0 Å². The number of benzene rings is 2. The van der Waals surface area contributed by atoms with Gasteiger partial charge in [-0.3, -0.25) is 0 Å². The van der Waals surface area contributed by atoms with E-state index in [1.165, 1.54) is 0 Å². The van der Waals surface area contributed by atoms with Gasteiger partial charge in [0.15, 0.2) is 5.58 Å². The summed E-state index contributed by atoms with van der Waals surface area (Å²) in [5.41, 5.74) is 9.59. The lowest BCUT2D eigenvalue weighted by atomic mass is 10.1. The van der Waals surface area contributed by atoms with Gasteiger partial charge in [-0.2, -0.15) is 4.98 Å². The summed E-state index contributed by atoms with van der Waals surface area (Å²) in [4.78, 5) is 6.70. The summed E-state index contributed by atoms with van der Waals surface area (Å²) in [5, 5.41) is 0. The number of nitrogens with zero attached hydrogens (tertiary/aromatic N) is 2.